The van der Waals surface area contributed by atoms with Crippen LogP contribution >= 0.6 is 0 Å². The number of hydrogen-bond acceptors (Lipinski definition) is 3. The third kappa shape index (κ3) is 2.94. The second-order valence-electron chi connectivity index (χ2n) is 4.94. The summed E-state index contributed by atoms with van der Waals surface area (Å²) in [6, 6.07) is 0.846. The molecule has 0 aromatic heterocycles. The lowest BCUT2D eigenvalue weighted by molar-refractivity contribution is 0.0717. The molecule has 3 unspecified atom stereocenters. The number of likely N-dealkylation sites (N-methyl/N-ethyl adjacent to an activating group) is 1. The normalized spacial score (nSPS) is 30.2. The van der Waals surface area contributed by atoms with Crippen LogP contribution in [0.1, 0.15) is 27.2 Å². The first kappa shape index (κ1) is 12.0. The number of hydrogen-bond donors (Lipinski definition) is 2. The largest absolute Gasteiger partial charge is 0.390 e. The maximum atomic E-state index is 9.74. The third-order valence-corrected chi connectivity index (χ3v) is 3.18. The van der Waals surface area contributed by atoms with Gasteiger partial charge in [0.2, 0.25) is 0 Å². The van der Waals surface area contributed by atoms with Crippen molar-refractivity contribution in [3.05, 3.63) is 0 Å². The molecule has 0 bridgehead atoms. The fraction of sp³-hybridized carbons (Fsp3) is 1.00. The van der Waals surface area contributed by atoms with Crippen LogP contribution in [0, 0.1) is 5.92 Å². The van der Waals surface area contributed by atoms with E-state index < -0.39 is 0 Å². The summed E-state index contributed by atoms with van der Waals surface area (Å²) in [5, 5.41) is 13.0. The van der Waals surface area contributed by atoms with Crippen molar-refractivity contribution in [2.24, 2.45) is 5.92 Å². The molecule has 1 saturated heterocycles. The van der Waals surface area contributed by atoms with E-state index in [9.17, 15) is 5.11 Å². The van der Waals surface area contributed by atoms with Gasteiger partial charge in [0.15, 0.2) is 0 Å². The van der Waals surface area contributed by atoms with Gasteiger partial charge in [-0.25, -0.2) is 0 Å². The van der Waals surface area contributed by atoms with E-state index in [0.717, 1.165) is 19.0 Å². The summed E-state index contributed by atoms with van der Waals surface area (Å²) in [7, 11) is 2.12. The highest BCUT2D eigenvalue weighted by Crippen LogP contribution is 2.15. The first-order valence-corrected chi connectivity index (χ1v) is 5.63. The Hall–Kier alpha value is -0.120. The van der Waals surface area contributed by atoms with Crippen molar-refractivity contribution >= 4 is 0 Å². The molecule has 2 N–H and O–H groups in total. The Labute approximate surface area is 87.5 Å². The van der Waals surface area contributed by atoms with E-state index in [4.69, 9.17) is 0 Å². The van der Waals surface area contributed by atoms with Crippen LogP contribution < -0.4 is 5.32 Å². The van der Waals surface area contributed by atoms with E-state index in [1.54, 1.807) is 0 Å². The maximum Gasteiger partial charge on any atom is 0.0831 e. The summed E-state index contributed by atoms with van der Waals surface area (Å²) < 4.78 is 0. The van der Waals surface area contributed by atoms with Gasteiger partial charge >= 0.3 is 0 Å². The summed E-state index contributed by atoms with van der Waals surface area (Å²) in [5.41, 5.74) is 0. The molecule has 0 saturated carbocycles. The highest BCUT2D eigenvalue weighted by molar-refractivity contribution is 4.89. The standard InChI is InChI=1S/C11H24N2O/c1-8(2)5-9(3)13(4)10-6-12-7-11(10)14/h8-12,14H,5-7H2,1-4H3. The zero-order valence-corrected chi connectivity index (χ0v) is 9.83. The van der Waals surface area contributed by atoms with E-state index in [1.165, 1.54) is 6.42 Å². The molecule has 3 nitrogen and oxygen atoms in total. The Kier molecular flexibility index (Phi) is 4.35. The van der Waals surface area contributed by atoms with Crippen molar-refractivity contribution in [3.8, 4) is 0 Å². The number of aliphatic hydroxyl groups excluding tert-OH is 1. The van der Waals surface area contributed by atoms with Gasteiger partial charge in [0.05, 0.1) is 6.10 Å². The van der Waals surface area contributed by atoms with Crippen LogP contribution in [0.4, 0.5) is 0 Å². The second kappa shape index (κ2) is 5.10. The molecule has 3 heteroatoms. The predicted molar refractivity (Wildman–Crippen MR) is 59.3 cm³/mol. The van der Waals surface area contributed by atoms with E-state index in [2.05, 4.69) is 38.0 Å². The van der Waals surface area contributed by atoms with Crippen molar-refractivity contribution in [2.45, 2.75) is 45.4 Å². The molecular weight excluding hydrogens is 176 g/mol. The van der Waals surface area contributed by atoms with Crippen molar-refractivity contribution < 1.29 is 5.11 Å². The fourth-order valence-corrected chi connectivity index (χ4v) is 2.24. The van der Waals surface area contributed by atoms with Gasteiger partial charge in [0.1, 0.15) is 0 Å². The van der Waals surface area contributed by atoms with Crippen LogP contribution in [0.25, 0.3) is 0 Å². The molecule has 0 aliphatic carbocycles. The van der Waals surface area contributed by atoms with Crippen LogP contribution in [-0.2, 0) is 0 Å². The molecule has 3 atom stereocenters. The van der Waals surface area contributed by atoms with Gasteiger partial charge < -0.3 is 10.4 Å². The minimum absolute atomic E-state index is 0.199. The Morgan fingerprint density at radius 1 is 1.36 bits per heavy atom. The van der Waals surface area contributed by atoms with E-state index >= 15 is 0 Å². The van der Waals surface area contributed by atoms with E-state index in [0.29, 0.717) is 12.1 Å². The van der Waals surface area contributed by atoms with Crippen LogP contribution in [0.3, 0.4) is 0 Å². The van der Waals surface area contributed by atoms with Gasteiger partial charge in [0.25, 0.3) is 0 Å². The molecule has 1 rings (SSSR count). The van der Waals surface area contributed by atoms with Crippen LogP contribution in [0.5, 0.6) is 0 Å². The van der Waals surface area contributed by atoms with Gasteiger partial charge in [-0.1, -0.05) is 13.8 Å². The highest BCUT2D eigenvalue weighted by atomic mass is 16.3. The molecular formula is C11H24N2O. The van der Waals surface area contributed by atoms with Crippen molar-refractivity contribution in [1.29, 1.82) is 0 Å². The SMILES string of the molecule is CC(C)CC(C)N(C)C1CNCC1O. The molecule has 0 amide bonds. The summed E-state index contributed by atoms with van der Waals surface area (Å²) in [6.45, 7) is 8.38. The molecule has 0 aromatic carbocycles. The Balaban J connectivity index is 2.42. The predicted octanol–water partition coefficient (Wildman–Crippen LogP) is 0.685. The van der Waals surface area contributed by atoms with Gasteiger partial charge in [-0.05, 0) is 26.3 Å². The quantitative estimate of drug-likeness (QED) is 0.701. The lowest BCUT2D eigenvalue weighted by Crippen LogP contribution is -2.45. The number of aliphatic hydroxyl groups is 1. The molecule has 0 spiro atoms. The fourth-order valence-electron chi connectivity index (χ4n) is 2.24. The molecule has 1 aliphatic heterocycles. The molecule has 1 aliphatic rings. The minimum atomic E-state index is -0.199. The van der Waals surface area contributed by atoms with E-state index in [1.807, 2.05) is 0 Å². The summed E-state index contributed by atoms with van der Waals surface area (Å²) in [6.07, 6.45) is 0.995. The Bertz CT molecular complexity index is 173. The van der Waals surface area contributed by atoms with Gasteiger partial charge in [-0.15, -0.1) is 0 Å². The number of nitrogens with zero attached hydrogens (tertiary/aromatic N) is 1. The molecule has 1 fully saturated rings. The average molecular weight is 200 g/mol. The van der Waals surface area contributed by atoms with Crippen LogP contribution in [0.2, 0.25) is 0 Å². The minimum Gasteiger partial charge on any atom is -0.390 e. The topological polar surface area (TPSA) is 35.5 Å². The lowest BCUT2D eigenvalue weighted by atomic mass is 10.0. The Morgan fingerprint density at radius 3 is 2.43 bits per heavy atom. The number of β-amino-alcohol motifs (C(OH)–C–C–N with tert-alkyl or cyclic N) is 1. The Morgan fingerprint density at radius 2 is 2.00 bits per heavy atom. The average Bonchev–Trinajstić information content (AvgIpc) is 2.48. The smallest absolute Gasteiger partial charge is 0.0831 e. The first-order chi connectivity index (χ1) is 6.52. The van der Waals surface area contributed by atoms with Crippen molar-refractivity contribution in [1.82, 2.24) is 10.2 Å². The van der Waals surface area contributed by atoms with Gasteiger partial charge in [0, 0.05) is 25.2 Å². The van der Waals surface area contributed by atoms with Crippen LogP contribution in [-0.4, -0.2) is 48.3 Å². The monoisotopic (exact) mass is 200 g/mol. The zero-order chi connectivity index (χ0) is 10.7. The maximum absolute atomic E-state index is 9.74. The molecule has 1 heterocycles. The summed E-state index contributed by atoms with van der Waals surface area (Å²) in [4.78, 5) is 2.31. The zero-order valence-electron chi connectivity index (χ0n) is 9.83. The van der Waals surface area contributed by atoms with Crippen molar-refractivity contribution in [2.75, 3.05) is 20.1 Å². The summed E-state index contributed by atoms with van der Waals surface area (Å²) >= 11 is 0. The number of rotatable bonds is 4. The van der Waals surface area contributed by atoms with E-state index in [-0.39, 0.29) is 6.10 Å². The molecule has 0 radical (unpaired) electrons. The van der Waals surface area contributed by atoms with Crippen LogP contribution in [0.15, 0.2) is 0 Å². The molecule has 0 aromatic rings. The molecule has 14 heavy (non-hydrogen) atoms. The number of nitrogens with one attached hydrogen (secondary N) is 1. The lowest BCUT2D eigenvalue weighted by Gasteiger charge is -2.32. The van der Waals surface area contributed by atoms with Crippen molar-refractivity contribution in [3.63, 3.8) is 0 Å². The second-order valence-corrected chi connectivity index (χ2v) is 4.94. The highest BCUT2D eigenvalue weighted by Gasteiger charge is 2.30. The summed E-state index contributed by atoms with van der Waals surface area (Å²) in [5.74, 6) is 0.721. The van der Waals surface area contributed by atoms with Gasteiger partial charge in [-0.3, -0.25) is 4.90 Å². The third-order valence-electron chi connectivity index (χ3n) is 3.18. The first-order valence-electron chi connectivity index (χ1n) is 5.63. The molecule has 84 valence electrons. The van der Waals surface area contributed by atoms with Gasteiger partial charge in [-0.2, -0.15) is 0 Å².